The molecule has 0 unspecified atom stereocenters. The van der Waals surface area contributed by atoms with Crippen molar-refractivity contribution in [3.63, 3.8) is 0 Å². The lowest BCUT2D eigenvalue weighted by molar-refractivity contribution is -0.393. The molecule has 0 spiro atoms. The van der Waals surface area contributed by atoms with Gasteiger partial charge < -0.3 is 0 Å². The van der Waals surface area contributed by atoms with Crippen molar-refractivity contribution in [1.82, 2.24) is 0 Å². The highest BCUT2D eigenvalue weighted by molar-refractivity contribution is 9.10. The topological polar surface area (TPSA) is 111 Å². The van der Waals surface area contributed by atoms with E-state index in [1.54, 1.807) is 6.07 Å². The fraction of sp³-hybridized carbons (Fsp3) is 0. The summed E-state index contributed by atoms with van der Waals surface area (Å²) in [6, 6.07) is 10.6. The van der Waals surface area contributed by atoms with Crippen LogP contribution < -0.4 is 5.43 Å². The highest BCUT2D eigenvalue weighted by atomic mass is 79.9. The minimum absolute atomic E-state index is 0.0684. The molecule has 0 aliphatic carbocycles. The highest BCUT2D eigenvalue weighted by Gasteiger charge is 2.18. The predicted octanol–water partition coefficient (Wildman–Crippen LogP) is 3.71. The number of hydrogen-bond acceptors (Lipinski definition) is 6. The molecule has 0 amide bonds. The van der Waals surface area contributed by atoms with Crippen molar-refractivity contribution in [1.29, 1.82) is 0 Å². The molecule has 0 radical (unpaired) electrons. The molecule has 8 nitrogen and oxygen atoms in total. The molecule has 0 fully saturated rings. The first-order valence-electron chi connectivity index (χ1n) is 5.95. The Morgan fingerprint density at radius 3 is 2.45 bits per heavy atom. The molecule has 0 atom stereocenters. The fourth-order valence-electron chi connectivity index (χ4n) is 1.63. The fourth-order valence-corrected chi connectivity index (χ4v) is 2.02. The van der Waals surface area contributed by atoms with Crippen LogP contribution in [-0.4, -0.2) is 16.1 Å². The van der Waals surface area contributed by atoms with E-state index in [1.165, 1.54) is 18.3 Å². The van der Waals surface area contributed by atoms with Gasteiger partial charge in [0, 0.05) is 16.1 Å². The van der Waals surface area contributed by atoms with Gasteiger partial charge in [-0.05, 0) is 12.1 Å². The number of hydrogen-bond donors (Lipinski definition) is 1. The third-order valence-corrected chi connectivity index (χ3v) is 3.40. The number of rotatable bonds is 5. The van der Waals surface area contributed by atoms with Gasteiger partial charge in [-0.15, -0.1) is 0 Å². The van der Waals surface area contributed by atoms with E-state index in [-0.39, 0.29) is 11.4 Å². The Hall–Kier alpha value is -2.81. The van der Waals surface area contributed by atoms with Crippen molar-refractivity contribution in [2.45, 2.75) is 0 Å². The average Bonchev–Trinajstić information content (AvgIpc) is 2.49. The van der Waals surface area contributed by atoms with Crippen molar-refractivity contribution < 1.29 is 9.85 Å². The lowest BCUT2D eigenvalue weighted by Gasteiger charge is -2.02. The molecule has 0 heterocycles. The number of anilines is 1. The second-order valence-corrected chi connectivity index (χ2v) is 4.96. The first kappa shape index (κ1) is 15.6. The van der Waals surface area contributed by atoms with Gasteiger partial charge in [-0.1, -0.05) is 34.1 Å². The number of nitro benzene ring substituents is 2. The Labute approximate surface area is 132 Å². The molecule has 9 heteroatoms. The predicted molar refractivity (Wildman–Crippen MR) is 85.1 cm³/mol. The highest BCUT2D eigenvalue weighted by Crippen LogP contribution is 2.28. The quantitative estimate of drug-likeness (QED) is 0.493. The molecular formula is C13H9BrN4O4. The number of halogens is 1. The molecule has 0 aliphatic rings. The van der Waals surface area contributed by atoms with Crippen LogP contribution in [0.1, 0.15) is 5.56 Å². The lowest BCUT2D eigenvalue weighted by atomic mass is 10.2. The van der Waals surface area contributed by atoms with Crippen LogP contribution in [0.25, 0.3) is 0 Å². The summed E-state index contributed by atoms with van der Waals surface area (Å²) < 4.78 is 0.818. The van der Waals surface area contributed by atoms with Gasteiger partial charge in [-0.2, -0.15) is 5.10 Å². The summed E-state index contributed by atoms with van der Waals surface area (Å²) in [5.41, 5.74) is 2.59. The molecule has 2 rings (SSSR count). The summed E-state index contributed by atoms with van der Waals surface area (Å²) in [5.74, 6) is 0. The Kier molecular flexibility index (Phi) is 4.79. The van der Waals surface area contributed by atoms with Gasteiger partial charge in [-0.3, -0.25) is 25.7 Å². The van der Waals surface area contributed by atoms with E-state index in [2.05, 4.69) is 26.5 Å². The van der Waals surface area contributed by atoms with E-state index >= 15 is 0 Å². The standard InChI is InChI=1S/C13H9BrN4O4/c14-11-4-2-1-3-9(11)8-15-16-12-6-5-10(17(19)20)7-13(12)18(21)22/h1-8,16H/b15-8+. The number of hydrazone groups is 1. The molecule has 2 aromatic rings. The van der Waals surface area contributed by atoms with Crippen LogP contribution in [0.3, 0.4) is 0 Å². The largest absolute Gasteiger partial charge is 0.301 e. The molecule has 22 heavy (non-hydrogen) atoms. The Bertz CT molecular complexity index is 763. The van der Waals surface area contributed by atoms with E-state index < -0.39 is 15.5 Å². The van der Waals surface area contributed by atoms with Gasteiger partial charge in [0.1, 0.15) is 5.69 Å². The first-order valence-corrected chi connectivity index (χ1v) is 6.75. The maximum atomic E-state index is 11.0. The van der Waals surface area contributed by atoms with Gasteiger partial charge in [-0.25, -0.2) is 0 Å². The molecule has 0 saturated heterocycles. The maximum Gasteiger partial charge on any atom is 0.301 e. The third-order valence-electron chi connectivity index (χ3n) is 2.68. The number of nitrogens with zero attached hydrogens (tertiary/aromatic N) is 3. The zero-order chi connectivity index (χ0) is 16.1. The van der Waals surface area contributed by atoms with E-state index in [9.17, 15) is 20.2 Å². The Morgan fingerprint density at radius 1 is 1.09 bits per heavy atom. The lowest BCUT2D eigenvalue weighted by Crippen LogP contribution is -1.98. The van der Waals surface area contributed by atoms with Gasteiger partial charge in [0.15, 0.2) is 0 Å². The number of non-ortho nitro benzene ring substituents is 1. The molecule has 0 bridgehead atoms. The minimum atomic E-state index is -0.705. The Morgan fingerprint density at radius 2 is 1.82 bits per heavy atom. The molecule has 0 aliphatic heterocycles. The van der Waals surface area contributed by atoms with E-state index in [1.807, 2.05) is 18.2 Å². The smallest absolute Gasteiger partial charge is 0.272 e. The van der Waals surface area contributed by atoms with Crippen molar-refractivity contribution in [2.24, 2.45) is 5.10 Å². The zero-order valence-electron chi connectivity index (χ0n) is 11.0. The monoisotopic (exact) mass is 364 g/mol. The number of nitro groups is 2. The van der Waals surface area contributed by atoms with Crippen LogP contribution in [0.15, 0.2) is 52.0 Å². The second kappa shape index (κ2) is 6.76. The van der Waals surface area contributed by atoms with Crippen molar-refractivity contribution >= 4 is 39.2 Å². The number of nitrogens with one attached hydrogen (secondary N) is 1. The van der Waals surface area contributed by atoms with Crippen LogP contribution in [0.5, 0.6) is 0 Å². The summed E-state index contributed by atoms with van der Waals surface area (Å²) in [7, 11) is 0. The summed E-state index contributed by atoms with van der Waals surface area (Å²) in [4.78, 5) is 20.2. The van der Waals surface area contributed by atoms with Crippen molar-refractivity contribution in [2.75, 3.05) is 5.43 Å². The van der Waals surface area contributed by atoms with E-state index in [0.717, 1.165) is 16.1 Å². The minimum Gasteiger partial charge on any atom is -0.272 e. The van der Waals surface area contributed by atoms with Gasteiger partial charge >= 0.3 is 5.69 Å². The van der Waals surface area contributed by atoms with Gasteiger partial charge in [0.2, 0.25) is 0 Å². The summed E-state index contributed by atoms with van der Waals surface area (Å²) in [5, 5.41) is 25.5. The van der Waals surface area contributed by atoms with E-state index in [4.69, 9.17) is 0 Å². The molecule has 112 valence electrons. The average molecular weight is 365 g/mol. The zero-order valence-corrected chi connectivity index (χ0v) is 12.6. The van der Waals surface area contributed by atoms with Crippen LogP contribution in [-0.2, 0) is 0 Å². The second-order valence-electron chi connectivity index (χ2n) is 4.11. The third kappa shape index (κ3) is 3.64. The van der Waals surface area contributed by atoms with Gasteiger partial charge in [0.05, 0.1) is 22.1 Å². The SMILES string of the molecule is O=[N+]([O-])c1ccc(N/N=C/c2ccccc2Br)c([N+](=O)[O-])c1. The normalized spacial score (nSPS) is 10.6. The van der Waals surface area contributed by atoms with Crippen molar-refractivity contribution in [3.05, 3.63) is 72.7 Å². The molecule has 2 aromatic carbocycles. The summed E-state index contributed by atoms with van der Waals surface area (Å²) >= 11 is 3.34. The van der Waals surface area contributed by atoms with Gasteiger partial charge in [0.25, 0.3) is 5.69 Å². The molecular weight excluding hydrogens is 356 g/mol. The summed E-state index contributed by atoms with van der Waals surface area (Å²) in [6.07, 6.45) is 1.48. The van der Waals surface area contributed by atoms with Crippen LogP contribution in [0.2, 0.25) is 0 Å². The Balaban J connectivity index is 2.24. The van der Waals surface area contributed by atoms with Crippen LogP contribution in [0.4, 0.5) is 17.1 Å². The van der Waals surface area contributed by atoms with E-state index in [0.29, 0.717) is 0 Å². The van der Waals surface area contributed by atoms with Crippen LogP contribution >= 0.6 is 15.9 Å². The van der Waals surface area contributed by atoms with Crippen LogP contribution in [0, 0.1) is 20.2 Å². The molecule has 0 saturated carbocycles. The summed E-state index contributed by atoms with van der Waals surface area (Å²) in [6.45, 7) is 0. The first-order chi connectivity index (χ1) is 10.5. The number of benzene rings is 2. The molecule has 0 aromatic heterocycles. The maximum absolute atomic E-state index is 11.0. The van der Waals surface area contributed by atoms with Crippen molar-refractivity contribution in [3.8, 4) is 0 Å². The molecule has 1 N–H and O–H groups in total.